The number of benzene rings is 2. The summed E-state index contributed by atoms with van der Waals surface area (Å²) < 4.78 is 11.7. The number of nitrogens with zero attached hydrogens (tertiary/aromatic N) is 1. The number of para-hydroxylation sites is 1. The summed E-state index contributed by atoms with van der Waals surface area (Å²) in [6.45, 7) is 7.64. The molecule has 1 aliphatic carbocycles. The van der Waals surface area contributed by atoms with Gasteiger partial charge in [0.1, 0.15) is 17.5 Å². The first-order valence-electron chi connectivity index (χ1n) is 13.7. The van der Waals surface area contributed by atoms with Crippen LogP contribution in [0.3, 0.4) is 0 Å². The van der Waals surface area contributed by atoms with E-state index in [0.717, 1.165) is 24.0 Å². The third-order valence-corrected chi connectivity index (χ3v) is 8.77. The summed E-state index contributed by atoms with van der Waals surface area (Å²) in [6, 6.07) is 11.7. The Morgan fingerprint density at radius 1 is 1.18 bits per heavy atom. The molecule has 0 unspecified atom stereocenters. The number of amides is 2. The zero-order valence-electron chi connectivity index (χ0n) is 23.2. The molecule has 2 aromatic carbocycles. The lowest BCUT2D eigenvalue weighted by atomic mass is 9.86. The summed E-state index contributed by atoms with van der Waals surface area (Å²) in [5.41, 5.74) is 1.51. The van der Waals surface area contributed by atoms with Gasteiger partial charge in [-0.25, -0.2) is 0 Å². The average molecular weight is 535 g/mol. The number of fused-ring (bicyclic) bond motifs is 2. The van der Waals surface area contributed by atoms with Crippen molar-refractivity contribution in [3.8, 4) is 5.75 Å². The van der Waals surface area contributed by atoms with E-state index in [1.807, 2.05) is 44.2 Å². The Balaban J connectivity index is 1.45. The summed E-state index contributed by atoms with van der Waals surface area (Å²) in [5, 5.41) is 26.1. The summed E-state index contributed by atoms with van der Waals surface area (Å²) in [7, 11) is 1.63. The number of aliphatic hydroxyl groups excluding tert-OH is 1. The predicted octanol–water partition coefficient (Wildman–Crippen LogP) is 4.14. The molecule has 2 amide bonds. The molecule has 5 rings (SSSR count). The van der Waals surface area contributed by atoms with Crippen molar-refractivity contribution < 1.29 is 24.2 Å². The molecule has 39 heavy (non-hydrogen) atoms. The van der Waals surface area contributed by atoms with Gasteiger partial charge >= 0.3 is 0 Å². The second-order valence-electron chi connectivity index (χ2n) is 11.4. The van der Waals surface area contributed by atoms with Crippen molar-refractivity contribution in [3.63, 3.8) is 0 Å². The molecule has 2 aromatic rings. The first kappa shape index (κ1) is 27.1. The highest BCUT2D eigenvalue weighted by Gasteiger charge is 2.46. The van der Waals surface area contributed by atoms with Crippen LogP contribution in [0.1, 0.15) is 98.6 Å². The third kappa shape index (κ3) is 4.57. The summed E-state index contributed by atoms with van der Waals surface area (Å²) in [5.74, 6) is 0.263. The fraction of sp³-hybridized carbons (Fsp3) is 0.500. The van der Waals surface area contributed by atoms with Crippen LogP contribution in [0.15, 0.2) is 42.5 Å². The maximum absolute atomic E-state index is 13.6. The minimum absolute atomic E-state index is 0.0849. The van der Waals surface area contributed by atoms with Gasteiger partial charge in [0.2, 0.25) is 5.91 Å². The van der Waals surface area contributed by atoms with E-state index in [-0.39, 0.29) is 23.9 Å². The van der Waals surface area contributed by atoms with Crippen LogP contribution in [0.2, 0.25) is 0 Å². The Hall–Kier alpha value is -3.43. The zero-order valence-corrected chi connectivity index (χ0v) is 23.2. The van der Waals surface area contributed by atoms with Crippen molar-refractivity contribution >= 4 is 17.8 Å². The Morgan fingerprint density at radius 3 is 2.56 bits per heavy atom. The SMILES string of the molecule is CCC1(CC)CC(=O)N([C@H]2C[C@H](OC)c3ccc(C(=O)N[C@@H]4c5ccccc5OC(C)(C)[C@H]4O)cc32)C(=N)N1. The molecule has 2 heterocycles. The molecular weight excluding hydrogens is 496 g/mol. The van der Waals surface area contributed by atoms with E-state index in [4.69, 9.17) is 14.9 Å². The van der Waals surface area contributed by atoms with Crippen LogP contribution in [0.5, 0.6) is 5.75 Å². The molecule has 1 saturated heterocycles. The predicted molar refractivity (Wildman–Crippen MR) is 147 cm³/mol. The third-order valence-electron chi connectivity index (χ3n) is 8.77. The van der Waals surface area contributed by atoms with E-state index >= 15 is 0 Å². The highest BCUT2D eigenvalue weighted by Crippen LogP contribution is 2.46. The van der Waals surface area contributed by atoms with Gasteiger partial charge in [-0.2, -0.15) is 0 Å². The van der Waals surface area contributed by atoms with Crippen molar-refractivity contribution in [3.05, 3.63) is 64.7 Å². The smallest absolute Gasteiger partial charge is 0.251 e. The van der Waals surface area contributed by atoms with Gasteiger partial charge in [0.25, 0.3) is 5.91 Å². The van der Waals surface area contributed by atoms with Crippen molar-refractivity contribution in [2.75, 3.05) is 7.11 Å². The Kier molecular flexibility index (Phi) is 6.93. The van der Waals surface area contributed by atoms with Crippen molar-refractivity contribution in [1.29, 1.82) is 5.41 Å². The van der Waals surface area contributed by atoms with E-state index < -0.39 is 29.3 Å². The van der Waals surface area contributed by atoms with Crippen LogP contribution >= 0.6 is 0 Å². The number of nitrogens with one attached hydrogen (secondary N) is 3. The number of methoxy groups -OCH3 is 1. The lowest BCUT2D eigenvalue weighted by Crippen LogP contribution is -2.62. The molecule has 0 radical (unpaired) electrons. The lowest BCUT2D eigenvalue weighted by molar-refractivity contribution is -0.133. The topological polar surface area (TPSA) is 124 Å². The maximum atomic E-state index is 13.6. The Labute approximate surface area is 229 Å². The van der Waals surface area contributed by atoms with Crippen LogP contribution in [-0.2, 0) is 9.53 Å². The molecule has 4 N–H and O–H groups in total. The van der Waals surface area contributed by atoms with Gasteiger partial charge in [-0.05, 0) is 56.0 Å². The maximum Gasteiger partial charge on any atom is 0.251 e. The van der Waals surface area contributed by atoms with Crippen LogP contribution in [0.25, 0.3) is 0 Å². The lowest BCUT2D eigenvalue weighted by Gasteiger charge is -2.44. The average Bonchev–Trinajstić information content (AvgIpc) is 3.28. The number of carbonyl (C=O) groups is 2. The molecule has 0 saturated carbocycles. The Bertz CT molecular complexity index is 1280. The zero-order chi connectivity index (χ0) is 28.1. The van der Waals surface area contributed by atoms with Crippen LogP contribution in [-0.4, -0.2) is 52.1 Å². The van der Waals surface area contributed by atoms with Crippen LogP contribution in [0.4, 0.5) is 0 Å². The molecule has 208 valence electrons. The van der Waals surface area contributed by atoms with Crippen molar-refractivity contribution in [1.82, 2.24) is 15.5 Å². The largest absolute Gasteiger partial charge is 0.485 e. The minimum Gasteiger partial charge on any atom is -0.485 e. The Morgan fingerprint density at radius 2 is 1.90 bits per heavy atom. The monoisotopic (exact) mass is 534 g/mol. The highest BCUT2D eigenvalue weighted by atomic mass is 16.5. The van der Waals surface area contributed by atoms with Crippen molar-refractivity contribution in [2.45, 2.75) is 88.8 Å². The standard InChI is InChI=1S/C30H38N4O5/c1-6-30(7-2)16-24(35)34(28(31)33-30)21-15-23(38-5)18-13-12-17(14-20(18)21)27(37)32-25-19-10-8-9-11-22(19)39-29(3,4)26(25)36/h8-14,21,23,25-26,36H,6-7,15-16H2,1-5H3,(H2,31,33)(H,32,37)/t21-,23-,25+,26-/m0/s1. The molecular formula is C30H38N4O5. The number of hydrogen-bond acceptors (Lipinski definition) is 6. The van der Waals surface area contributed by atoms with Crippen LogP contribution in [0, 0.1) is 5.41 Å². The van der Waals surface area contributed by atoms with E-state index in [9.17, 15) is 14.7 Å². The minimum atomic E-state index is -0.966. The first-order valence-corrected chi connectivity index (χ1v) is 13.7. The fourth-order valence-electron chi connectivity index (χ4n) is 6.21. The molecule has 0 aromatic heterocycles. The normalized spacial score (nSPS) is 26.8. The van der Waals surface area contributed by atoms with E-state index in [2.05, 4.69) is 10.6 Å². The van der Waals surface area contributed by atoms with Gasteiger partial charge in [0.15, 0.2) is 5.96 Å². The summed E-state index contributed by atoms with van der Waals surface area (Å²) in [4.78, 5) is 28.5. The number of carbonyl (C=O) groups excluding carboxylic acids is 2. The van der Waals surface area contributed by atoms with Gasteiger partial charge in [0, 0.05) is 30.2 Å². The molecule has 9 heteroatoms. The molecule has 1 fully saturated rings. The number of aliphatic hydroxyl groups is 1. The van der Waals surface area contributed by atoms with Gasteiger partial charge in [-0.1, -0.05) is 38.1 Å². The van der Waals surface area contributed by atoms with Gasteiger partial charge < -0.3 is 25.2 Å². The van der Waals surface area contributed by atoms with Gasteiger partial charge in [-0.15, -0.1) is 0 Å². The second kappa shape index (κ2) is 9.95. The number of ether oxygens (including phenoxy) is 2. The van der Waals surface area contributed by atoms with E-state index in [1.54, 1.807) is 33.1 Å². The highest BCUT2D eigenvalue weighted by molar-refractivity contribution is 6.00. The quantitative estimate of drug-likeness (QED) is 0.442. The molecule has 0 bridgehead atoms. The van der Waals surface area contributed by atoms with E-state index in [0.29, 0.717) is 29.7 Å². The molecule has 2 aliphatic heterocycles. The van der Waals surface area contributed by atoms with Crippen LogP contribution < -0.4 is 15.4 Å². The number of guanidine groups is 1. The second-order valence-corrected chi connectivity index (χ2v) is 11.4. The number of rotatable bonds is 6. The fourth-order valence-corrected chi connectivity index (χ4v) is 6.21. The molecule has 0 spiro atoms. The molecule has 9 nitrogen and oxygen atoms in total. The first-order chi connectivity index (χ1) is 18.5. The number of hydrogen-bond donors (Lipinski definition) is 4. The van der Waals surface area contributed by atoms with Gasteiger partial charge in [-0.3, -0.25) is 19.9 Å². The summed E-state index contributed by atoms with van der Waals surface area (Å²) >= 11 is 0. The van der Waals surface area contributed by atoms with Crippen molar-refractivity contribution in [2.24, 2.45) is 0 Å². The van der Waals surface area contributed by atoms with E-state index in [1.165, 1.54) is 4.90 Å². The molecule has 3 aliphatic rings. The van der Waals surface area contributed by atoms with Gasteiger partial charge in [0.05, 0.1) is 24.6 Å². The molecule has 4 atom stereocenters. The summed E-state index contributed by atoms with van der Waals surface area (Å²) in [6.07, 6.45) is 1.08.